The van der Waals surface area contributed by atoms with E-state index in [1.165, 1.54) is 0 Å². The number of carbonyl (C=O) groups is 2. The third-order valence-electron chi connectivity index (χ3n) is 2.89. The Morgan fingerprint density at radius 3 is 2.11 bits per heavy atom. The van der Waals surface area contributed by atoms with E-state index in [2.05, 4.69) is 0 Å². The molecular formula is C14H20N2O3. The lowest BCUT2D eigenvalue weighted by atomic mass is 10.0. The largest absolute Gasteiger partial charge is 0.480 e. The molecule has 5 heteroatoms. The molecule has 0 atom stereocenters. The summed E-state index contributed by atoms with van der Waals surface area (Å²) < 4.78 is 0. The normalized spacial score (nSPS) is 11.6. The minimum absolute atomic E-state index is 0.0267. The Morgan fingerprint density at radius 2 is 1.74 bits per heavy atom. The third-order valence-corrected chi connectivity index (χ3v) is 2.89. The van der Waals surface area contributed by atoms with Gasteiger partial charge in [0.25, 0.3) is 0 Å². The molecule has 0 saturated heterocycles. The highest BCUT2D eigenvalue weighted by atomic mass is 16.4. The summed E-state index contributed by atoms with van der Waals surface area (Å²) in [7, 11) is 0. The van der Waals surface area contributed by atoms with E-state index in [9.17, 15) is 9.59 Å². The maximum absolute atomic E-state index is 11.0. The van der Waals surface area contributed by atoms with Gasteiger partial charge in [-0.3, -0.25) is 14.5 Å². The molecule has 0 aliphatic heterocycles. The topological polar surface area (TPSA) is 83.6 Å². The highest BCUT2D eigenvalue weighted by Gasteiger charge is 2.23. The number of rotatable bonds is 5. The molecule has 0 unspecified atom stereocenters. The fraction of sp³-hybridized carbons (Fsp3) is 0.429. The zero-order valence-electron chi connectivity index (χ0n) is 11.5. The van der Waals surface area contributed by atoms with Gasteiger partial charge in [-0.1, -0.05) is 12.1 Å². The summed E-state index contributed by atoms with van der Waals surface area (Å²) in [6.07, 6.45) is 0. The Balaban J connectivity index is 2.84. The molecule has 0 aromatic heterocycles. The number of carboxylic acid groups (broad SMARTS) is 1. The summed E-state index contributed by atoms with van der Waals surface area (Å²) in [5, 5.41) is 8.94. The predicted octanol–water partition coefficient (Wildman–Crippen LogP) is 1.47. The number of amides is 1. The van der Waals surface area contributed by atoms with Gasteiger partial charge in [-0.25, -0.2) is 0 Å². The number of carbonyl (C=O) groups excluding carboxylic acids is 1. The van der Waals surface area contributed by atoms with Gasteiger partial charge in [-0.15, -0.1) is 0 Å². The molecule has 1 aromatic carbocycles. The molecule has 0 saturated carbocycles. The fourth-order valence-corrected chi connectivity index (χ4v) is 1.69. The molecule has 3 N–H and O–H groups in total. The number of hydrogen-bond donors (Lipinski definition) is 2. The van der Waals surface area contributed by atoms with E-state index in [4.69, 9.17) is 10.8 Å². The monoisotopic (exact) mass is 264 g/mol. The van der Waals surface area contributed by atoms with Crippen LogP contribution in [0.3, 0.4) is 0 Å². The van der Waals surface area contributed by atoms with Crippen LogP contribution >= 0.6 is 0 Å². The Morgan fingerprint density at radius 1 is 1.21 bits per heavy atom. The molecule has 19 heavy (non-hydrogen) atoms. The van der Waals surface area contributed by atoms with Crippen LogP contribution in [0.2, 0.25) is 0 Å². The summed E-state index contributed by atoms with van der Waals surface area (Å²) >= 11 is 0. The van der Waals surface area contributed by atoms with E-state index in [1.54, 1.807) is 24.3 Å². The van der Waals surface area contributed by atoms with E-state index < -0.39 is 11.9 Å². The van der Waals surface area contributed by atoms with Crippen LogP contribution < -0.4 is 5.73 Å². The first-order valence-corrected chi connectivity index (χ1v) is 6.06. The van der Waals surface area contributed by atoms with Crippen LogP contribution in [-0.4, -0.2) is 34.0 Å². The lowest BCUT2D eigenvalue weighted by molar-refractivity contribution is -0.139. The molecule has 0 heterocycles. The van der Waals surface area contributed by atoms with Crippen molar-refractivity contribution in [1.29, 1.82) is 0 Å². The Bertz CT molecular complexity index is 461. The zero-order valence-corrected chi connectivity index (χ0v) is 11.5. The smallest absolute Gasteiger partial charge is 0.317 e. The van der Waals surface area contributed by atoms with Crippen molar-refractivity contribution in [2.24, 2.45) is 5.73 Å². The molecule has 1 rings (SSSR count). The van der Waals surface area contributed by atoms with Crippen LogP contribution in [-0.2, 0) is 11.3 Å². The lowest BCUT2D eigenvalue weighted by Gasteiger charge is -2.34. The van der Waals surface area contributed by atoms with Gasteiger partial charge in [-0.2, -0.15) is 0 Å². The quantitative estimate of drug-likeness (QED) is 0.843. The lowest BCUT2D eigenvalue weighted by Crippen LogP contribution is -2.43. The molecule has 104 valence electrons. The number of aliphatic carboxylic acids is 1. The van der Waals surface area contributed by atoms with Crippen molar-refractivity contribution in [2.75, 3.05) is 6.54 Å². The molecule has 0 aliphatic rings. The minimum atomic E-state index is -0.858. The average Bonchev–Trinajstić information content (AvgIpc) is 2.27. The summed E-state index contributed by atoms with van der Waals surface area (Å²) in [6, 6.07) is 6.89. The van der Waals surface area contributed by atoms with Gasteiger partial charge in [0.15, 0.2) is 0 Å². The van der Waals surface area contributed by atoms with Crippen LogP contribution in [0.25, 0.3) is 0 Å². The highest BCUT2D eigenvalue weighted by Crippen LogP contribution is 2.17. The van der Waals surface area contributed by atoms with Crippen molar-refractivity contribution in [1.82, 2.24) is 4.90 Å². The first-order chi connectivity index (χ1) is 8.70. The van der Waals surface area contributed by atoms with Crippen LogP contribution in [0, 0.1) is 0 Å². The number of nitrogens with two attached hydrogens (primary N) is 1. The maximum Gasteiger partial charge on any atom is 0.317 e. The van der Waals surface area contributed by atoms with Crippen molar-refractivity contribution in [3.8, 4) is 0 Å². The van der Waals surface area contributed by atoms with Gasteiger partial charge >= 0.3 is 5.97 Å². The first-order valence-electron chi connectivity index (χ1n) is 6.06. The Labute approximate surface area is 113 Å². The zero-order chi connectivity index (χ0) is 14.6. The number of nitrogens with zero attached hydrogens (tertiary/aromatic N) is 1. The van der Waals surface area contributed by atoms with E-state index in [0.29, 0.717) is 12.1 Å². The summed E-state index contributed by atoms with van der Waals surface area (Å²) in [6.45, 7) is 6.38. The number of primary amides is 1. The summed E-state index contributed by atoms with van der Waals surface area (Å²) in [5.74, 6) is -1.33. The SMILES string of the molecule is CC(C)(C)N(CC(=O)O)Cc1ccc(C(N)=O)cc1. The van der Waals surface area contributed by atoms with Crippen LogP contribution in [0.15, 0.2) is 24.3 Å². The van der Waals surface area contributed by atoms with Crippen LogP contribution in [0.4, 0.5) is 0 Å². The van der Waals surface area contributed by atoms with Crippen molar-refractivity contribution < 1.29 is 14.7 Å². The maximum atomic E-state index is 11.0. The molecular weight excluding hydrogens is 244 g/mol. The second-order valence-electron chi connectivity index (χ2n) is 5.48. The van der Waals surface area contributed by atoms with Crippen molar-refractivity contribution in [3.05, 3.63) is 35.4 Å². The Hall–Kier alpha value is -1.88. The minimum Gasteiger partial charge on any atom is -0.480 e. The molecule has 1 aromatic rings. The van der Waals surface area contributed by atoms with E-state index in [0.717, 1.165) is 5.56 Å². The van der Waals surface area contributed by atoms with Crippen LogP contribution in [0.1, 0.15) is 36.7 Å². The predicted molar refractivity (Wildman–Crippen MR) is 72.8 cm³/mol. The molecule has 0 fully saturated rings. The number of carboxylic acids is 1. The van der Waals surface area contributed by atoms with E-state index in [-0.39, 0.29) is 12.1 Å². The number of benzene rings is 1. The van der Waals surface area contributed by atoms with E-state index >= 15 is 0 Å². The van der Waals surface area contributed by atoms with E-state index in [1.807, 2.05) is 25.7 Å². The first kappa shape index (κ1) is 15.2. The van der Waals surface area contributed by atoms with Crippen molar-refractivity contribution in [2.45, 2.75) is 32.9 Å². The highest BCUT2D eigenvalue weighted by molar-refractivity contribution is 5.92. The second-order valence-corrected chi connectivity index (χ2v) is 5.48. The second kappa shape index (κ2) is 5.84. The summed E-state index contributed by atoms with van der Waals surface area (Å²) in [5.41, 5.74) is 6.32. The third kappa shape index (κ3) is 4.71. The Kier molecular flexibility index (Phi) is 4.67. The molecule has 1 amide bonds. The van der Waals surface area contributed by atoms with Gasteiger partial charge in [-0.05, 0) is 38.5 Å². The van der Waals surface area contributed by atoms with Crippen LogP contribution in [0.5, 0.6) is 0 Å². The van der Waals surface area contributed by atoms with Gasteiger partial charge in [0.1, 0.15) is 0 Å². The van der Waals surface area contributed by atoms with Gasteiger partial charge in [0.2, 0.25) is 5.91 Å². The summed E-state index contributed by atoms with van der Waals surface area (Å²) in [4.78, 5) is 23.7. The van der Waals surface area contributed by atoms with Gasteiger partial charge in [0, 0.05) is 17.6 Å². The fourth-order valence-electron chi connectivity index (χ4n) is 1.69. The number of hydrogen-bond acceptors (Lipinski definition) is 3. The van der Waals surface area contributed by atoms with Crippen molar-refractivity contribution >= 4 is 11.9 Å². The van der Waals surface area contributed by atoms with Gasteiger partial charge in [0.05, 0.1) is 6.54 Å². The molecule has 5 nitrogen and oxygen atoms in total. The molecule has 0 radical (unpaired) electrons. The standard InChI is InChI=1S/C14H20N2O3/c1-14(2,3)16(9-12(17)18)8-10-4-6-11(7-5-10)13(15)19/h4-7H,8-9H2,1-3H3,(H2,15,19)(H,17,18). The average molecular weight is 264 g/mol. The molecule has 0 bridgehead atoms. The van der Waals surface area contributed by atoms with Gasteiger partial charge < -0.3 is 10.8 Å². The molecule has 0 spiro atoms. The van der Waals surface area contributed by atoms with Crippen molar-refractivity contribution in [3.63, 3.8) is 0 Å². The molecule has 0 aliphatic carbocycles.